The third kappa shape index (κ3) is 2.09. The maximum Gasteiger partial charge on any atom is 0.286 e. The summed E-state index contributed by atoms with van der Waals surface area (Å²) in [5.41, 5.74) is 6.28. The first-order valence-electron chi connectivity index (χ1n) is 6.47. The molecule has 1 aromatic heterocycles. The summed E-state index contributed by atoms with van der Waals surface area (Å²) in [6.07, 6.45) is 2.15. The van der Waals surface area contributed by atoms with E-state index >= 15 is 0 Å². The minimum absolute atomic E-state index is 0.0430. The number of rotatable bonds is 1. The van der Waals surface area contributed by atoms with Crippen molar-refractivity contribution in [3.05, 3.63) is 22.5 Å². The number of carbonyl (C=O) groups is 1. The van der Waals surface area contributed by atoms with Crippen molar-refractivity contribution >= 4 is 17.5 Å². The minimum Gasteiger partial charge on any atom is -0.507 e. The first-order chi connectivity index (χ1) is 10.0. The van der Waals surface area contributed by atoms with E-state index in [0.29, 0.717) is 29.9 Å². The highest BCUT2D eigenvalue weighted by Gasteiger charge is 2.26. The molecule has 1 amide bonds. The number of halogens is 1. The number of amides is 1. The second-order valence-corrected chi connectivity index (χ2v) is 5.28. The zero-order valence-electron chi connectivity index (χ0n) is 11.0. The standard InChI is InChI=1S/C13H13ClN4O3/c14-10-6-3-1-2-4-18-12(16-17-13(18)11(15)21)9(6)7(19)5-8(10)20/h5,19-20H,1-4H2,(H2,15,21). The number of aromatic nitrogens is 3. The van der Waals surface area contributed by atoms with Crippen molar-refractivity contribution < 1.29 is 15.0 Å². The van der Waals surface area contributed by atoms with E-state index in [9.17, 15) is 15.0 Å². The lowest BCUT2D eigenvalue weighted by Gasteiger charge is -2.18. The van der Waals surface area contributed by atoms with Gasteiger partial charge in [0.2, 0.25) is 5.82 Å². The van der Waals surface area contributed by atoms with Crippen molar-refractivity contribution in [2.24, 2.45) is 5.73 Å². The van der Waals surface area contributed by atoms with Crippen LogP contribution in [0.5, 0.6) is 11.5 Å². The first kappa shape index (κ1) is 13.7. The van der Waals surface area contributed by atoms with Crippen molar-refractivity contribution in [2.45, 2.75) is 25.8 Å². The van der Waals surface area contributed by atoms with Gasteiger partial charge in [0.25, 0.3) is 5.91 Å². The molecule has 21 heavy (non-hydrogen) atoms. The Morgan fingerprint density at radius 2 is 2.05 bits per heavy atom. The van der Waals surface area contributed by atoms with Crippen molar-refractivity contribution in [2.75, 3.05) is 0 Å². The van der Waals surface area contributed by atoms with E-state index in [-0.39, 0.29) is 22.3 Å². The molecule has 7 nitrogen and oxygen atoms in total. The summed E-state index contributed by atoms with van der Waals surface area (Å²) < 4.78 is 1.58. The number of nitrogens with two attached hydrogens (primary N) is 1. The van der Waals surface area contributed by atoms with E-state index in [1.165, 1.54) is 0 Å². The molecule has 0 spiro atoms. The Balaban J connectivity index is 2.33. The molecule has 0 atom stereocenters. The Bertz CT molecular complexity index is 742. The number of nitrogens with zero attached hydrogens (tertiary/aromatic N) is 3. The Kier molecular flexibility index (Phi) is 3.21. The molecule has 2 aromatic rings. The van der Waals surface area contributed by atoms with Gasteiger partial charge >= 0.3 is 0 Å². The second kappa shape index (κ2) is 4.92. The van der Waals surface area contributed by atoms with Crippen LogP contribution in [0.3, 0.4) is 0 Å². The van der Waals surface area contributed by atoms with Gasteiger partial charge in [-0.05, 0) is 24.8 Å². The van der Waals surface area contributed by atoms with Crippen LogP contribution < -0.4 is 5.73 Å². The largest absolute Gasteiger partial charge is 0.507 e. The van der Waals surface area contributed by atoms with Crippen molar-refractivity contribution in [3.63, 3.8) is 0 Å². The number of carbonyl (C=O) groups excluding carboxylic acids is 1. The average Bonchev–Trinajstić information content (AvgIpc) is 2.79. The van der Waals surface area contributed by atoms with Crippen molar-refractivity contribution in [1.82, 2.24) is 14.8 Å². The third-order valence-corrected chi connectivity index (χ3v) is 4.00. The van der Waals surface area contributed by atoms with Crippen LogP contribution in [0.25, 0.3) is 11.4 Å². The Labute approximate surface area is 125 Å². The van der Waals surface area contributed by atoms with Crippen LogP contribution >= 0.6 is 11.6 Å². The van der Waals surface area contributed by atoms with E-state index < -0.39 is 5.91 Å². The predicted molar refractivity (Wildman–Crippen MR) is 75.3 cm³/mol. The number of primary amides is 1. The number of phenolic OH excluding ortho intramolecular Hbond substituents is 2. The molecule has 110 valence electrons. The normalized spacial score (nSPS) is 14.0. The highest BCUT2D eigenvalue weighted by Crippen LogP contribution is 2.43. The Hall–Kier alpha value is -2.28. The van der Waals surface area contributed by atoms with Gasteiger partial charge in [0.05, 0.1) is 10.6 Å². The fourth-order valence-electron chi connectivity index (χ4n) is 2.62. The highest BCUT2D eigenvalue weighted by atomic mass is 35.5. The number of hydrogen-bond donors (Lipinski definition) is 3. The van der Waals surface area contributed by atoms with E-state index in [1.807, 2.05) is 0 Å². The third-order valence-electron chi connectivity index (χ3n) is 3.57. The maximum absolute atomic E-state index is 11.4. The van der Waals surface area contributed by atoms with Gasteiger partial charge < -0.3 is 20.5 Å². The molecule has 0 aliphatic carbocycles. The SMILES string of the molecule is NC(=O)c1nnc2n1CCCCc1c(Cl)c(O)cc(O)c1-2. The van der Waals surface area contributed by atoms with Crippen LogP contribution in [0, 0.1) is 0 Å². The number of phenols is 2. The molecular weight excluding hydrogens is 296 g/mol. The minimum atomic E-state index is -0.680. The van der Waals surface area contributed by atoms with E-state index in [1.54, 1.807) is 4.57 Å². The lowest BCUT2D eigenvalue weighted by Crippen LogP contribution is -2.19. The summed E-state index contributed by atoms with van der Waals surface area (Å²) in [7, 11) is 0. The zero-order valence-corrected chi connectivity index (χ0v) is 11.8. The Morgan fingerprint density at radius 1 is 1.29 bits per heavy atom. The number of aromatic hydroxyl groups is 2. The number of hydrogen-bond acceptors (Lipinski definition) is 5. The molecule has 8 heteroatoms. The molecule has 1 aliphatic rings. The quantitative estimate of drug-likeness (QED) is 0.737. The molecule has 3 rings (SSSR count). The predicted octanol–water partition coefficient (Wildman–Crippen LogP) is 1.44. The number of benzene rings is 1. The van der Waals surface area contributed by atoms with Gasteiger partial charge in [-0.2, -0.15) is 0 Å². The molecule has 0 bridgehead atoms. The lowest BCUT2D eigenvalue weighted by molar-refractivity contribution is 0.0985. The average molecular weight is 309 g/mol. The summed E-state index contributed by atoms with van der Waals surface area (Å²) >= 11 is 6.13. The number of fused-ring (bicyclic) bond motifs is 3. The Morgan fingerprint density at radius 3 is 2.76 bits per heavy atom. The summed E-state index contributed by atoms with van der Waals surface area (Å²) in [5, 5.41) is 27.8. The molecule has 2 heterocycles. The van der Waals surface area contributed by atoms with Gasteiger partial charge in [-0.1, -0.05) is 11.6 Å². The van der Waals surface area contributed by atoms with Crippen LogP contribution in [-0.2, 0) is 13.0 Å². The molecule has 0 radical (unpaired) electrons. The van der Waals surface area contributed by atoms with Gasteiger partial charge in [0.1, 0.15) is 11.5 Å². The van der Waals surface area contributed by atoms with Crippen LogP contribution in [0.4, 0.5) is 0 Å². The molecule has 1 aliphatic heterocycles. The van der Waals surface area contributed by atoms with Crippen molar-refractivity contribution in [1.29, 1.82) is 0 Å². The lowest BCUT2D eigenvalue weighted by atomic mass is 9.98. The van der Waals surface area contributed by atoms with E-state index in [0.717, 1.165) is 18.9 Å². The molecule has 0 fully saturated rings. The topological polar surface area (TPSA) is 114 Å². The molecular formula is C13H13ClN4O3. The smallest absolute Gasteiger partial charge is 0.286 e. The van der Waals surface area contributed by atoms with Crippen LogP contribution in [0.15, 0.2) is 6.07 Å². The molecule has 0 saturated heterocycles. The monoisotopic (exact) mass is 308 g/mol. The van der Waals surface area contributed by atoms with Gasteiger partial charge in [-0.25, -0.2) is 0 Å². The van der Waals surface area contributed by atoms with Crippen LogP contribution in [0.2, 0.25) is 5.02 Å². The zero-order chi connectivity index (χ0) is 15.1. The molecule has 0 saturated carbocycles. The van der Waals surface area contributed by atoms with E-state index in [4.69, 9.17) is 17.3 Å². The maximum atomic E-state index is 11.4. The van der Waals surface area contributed by atoms with Crippen molar-refractivity contribution in [3.8, 4) is 22.9 Å². The molecule has 4 N–H and O–H groups in total. The van der Waals surface area contributed by atoms with Crippen LogP contribution in [0.1, 0.15) is 29.0 Å². The van der Waals surface area contributed by atoms with Gasteiger partial charge in [0, 0.05) is 12.6 Å². The van der Waals surface area contributed by atoms with E-state index in [2.05, 4.69) is 10.2 Å². The molecule has 1 aromatic carbocycles. The highest BCUT2D eigenvalue weighted by molar-refractivity contribution is 6.33. The fraction of sp³-hybridized carbons (Fsp3) is 0.308. The molecule has 0 unspecified atom stereocenters. The van der Waals surface area contributed by atoms with Gasteiger partial charge in [-0.15, -0.1) is 10.2 Å². The summed E-state index contributed by atoms with van der Waals surface area (Å²) in [5.74, 6) is -0.646. The summed E-state index contributed by atoms with van der Waals surface area (Å²) in [4.78, 5) is 11.4. The first-order valence-corrected chi connectivity index (χ1v) is 6.85. The summed E-state index contributed by atoms with van der Waals surface area (Å²) in [6.45, 7) is 0.526. The second-order valence-electron chi connectivity index (χ2n) is 4.90. The van der Waals surface area contributed by atoms with Gasteiger partial charge in [0.15, 0.2) is 5.82 Å². The van der Waals surface area contributed by atoms with Gasteiger partial charge in [-0.3, -0.25) is 4.79 Å². The van der Waals surface area contributed by atoms with Crippen LogP contribution in [-0.4, -0.2) is 30.9 Å². The fourth-order valence-corrected chi connectivity index (χ4v) is 2.87. The summed E-state index contributed by atoms with van der Waals surface area (Å²) in [6, 6.07) is 1.16.